The fourth-order valence-corrected chi connectivity index (χ4v) is 5.04. The van der Waals surface area contributed by atoms with Crippen molar-refractivity contribution in [1.29, 1.82) is 0 Å². The maximum atomic E-state index is 12.2. The molecule has 4 bridgehead atoms. The maximum Gasteiger partial charge on any atom is 0.268 e. The number of amides is 1. The van der Waals surface area contributed by atoms with Crippen LogP contribution in [0.5, 0.6) is 0 Å². The van der Waals surface area contributed by atoms with Crippen LogP contribution in [0.25, 0.3) is 0 Å². The van der Waals surface area contributed by atoms with Gasteiger partial charge in [0.1, 0.15) is 5.69 Å². The van der Waals surface area contributed by atoms with Gasteiger partial charge in [0, 0.05) is 11.7 Å². The molecule has 1 amide bonds. The third-order valence-corrected chi connectivity index (χ3v) is 5.26. The molecule has 0 aromatic carbocycles. The monoisotopic (exact) mass is 244 g/mol. The molecular weight excluding hydrogens is 224 g/mol. The summed E-state index contributed by atoms with van der Waals surface area (Å²) < 4.78 is 0. The van der Waals surface area contributed by atoms with Gasteiger partial charge in [0.15, 0.2) is 0 Å². The molecule has 18 heavy (non-hydrogen) atoms. The third-order valence-electron chi connectivity index (χ3n) is 5.26. The lowest BCUT2D eigenvalue weighted by Crippen LogP contribution is -2.59. The summed E-state index contributed by atoms with van der Waals surface area (Å²) in [6.07, 6.45) is 9.70. The predicted octanol–water partition coefficient (Wildman–Crippen LogP) is 2.71. The van der Waals surface area contributed by atoms with Gasteiger partial charge in [0.25, 0.3) is 5.91 Å². The first-order valence-corrected chi connectivity index (χ1v) is 7.18. The molecule has 0 saturated heterocycles. The van der Waals surface area contributed by atoms with Gasteiger partial charge in [-0.1, -0.05) is 0 Å². The van der Waals surface area contributed by atoms with Gasteiger partial charge < -0.3 is 10.3 Å². The van der Waals surface area contributed by atoms with Crippen molar-refractivity contribution < 1.29 is 4.79 Å². The van der Waals surface area contributed by atoms with Gasteiger partial charge >= 0.3 is 0 Å². The first-order chi connectivity index (χ1) is 8.72. The van der Waals surface area contributed by atoms with Crippen molar-refractivity contribution in [3.8, 4) is 0 Å². The lowest BCUT2D eigenvalue weighted by Gasteiger charge is -2.56. The number of carbonyl (C=O) groups excluding carboxylic acids is 1. The van der Waals surface area contributed by atoms with E-state index in [4.69, 9.17) is 0 Å². The highest BCUT2D eigenvalue weighted by atomic mass is 16.2. The van der Waals surface area contributed by atoms with Crippen molar-refractivity contribution >= 4 is 5.91 Å². The minimum atomic E-state index is 0.0851. The Balaban J connectivity index is 1.56. The highest BCUT2D eigenvalue weighted by molar-refractivity contribution is 5.92. The van der Waals surface area contributed by atoms with E-state index in [0.29, 0.717) is 5.69 Å². The van der Waals surface area contributed by atoms with Crippen molar-refractivity contribution in [3.05, 3.63) is 24.0 Å². The Bertz CT molecular complexity index is 428. The highest BCUT2D eigenvalue weighted by Gasteiger charge is 2.51. The molecule has 1 aromatic rings. The molecule has 5 rings (SSSR count). The van der Waals surface area contributed by atoms with Crippen LogP contribution in [0.4, 0.5) is 0 Å². The Morgan fingerprint density at radius 1 is 1.17 bits per heavy atom. The molecule has 96 valence electrons. The van der Waals surface area contributed by atoms with Crippen molar-refractivity contribution in [1.82, 2.24) is 10.3 Å². The molecule has 3 nitrogen and oxygen atoms in total. The van der Waals surface area contributed by atoms with Crippen LogP contribution in [-0.4, -0.2) is 16.4 Å². The molecule has 4 aliphatic rings. The van der Waals surface area contributed by atoms with E-state index in [2.05, 4.69) is 10.3 Å². The van der Waals surface area contributed by atoms with Crippen molar-refractivity contribution in [2.45, 2.75) is 44.1 Å². The van der Waals surface area contributed by atoms with Crippen LogP contribution < -0.4 is 5.32 Å². The summed E-state index contributed by atoms with van der Waals surface area (Å²) in [6.45, 7) is 0. The standard InChI is InChI=1S/C15H20N2O/c18-14(13-2-1-3-16-13)17-15-7-10-4-11(8-15)6-12(5-10)9-15/h1-3,10-12,16H,4-9H2,(H,17,18). The zero-order valence-corrected chi connectivity index (χ0v) is 10.6. The second kappa shape index (κ2) is 3.62. The summed E-state index contributed by atoms with van der Waals surface area (Å²) in [6, 6.07) is 3.74. The molecule has 0 atom stereocenters. The van der Waals surface area contributed by atoms with E-state index >= 15 is 0 Å². The zero-order chi connectivity index (χ0) is 12.2. The number of aromatic nitrogens is 1. The lowest BCUT2D eigenvalue weighted by atomic mass is 9.53. The van der Waals surface area contributed by atoms with Crippen molar-refractivity contribution in [2.75, 3.05) is 0 Å². The van der Waals surface area contributed by atoms with Gasteiger partial charge in [0.2, 0.25) is 0 Å². The van der Waals surface area contributed by atoms with Crippen LogP contribution in [0.15, 0.2) is 18.3 Å². The van der Waals surface area contributed by atoms with E-state index in [1.54, 1.807) is 0 Å². The SMILES string of the molecule is O=C(NC12CC3CC(CC(C3)C1)C2)c1ccc[nH]1. The number of rotatable bonds is 2. The van der Waals surface area contributed by atoms with E-state index < -0.39 is 0 Å². The molecule has 1 aromatic heterocycles. The minimum Gasteiger partial charge on any atom is -0.357 e. The van der Waals surface area contributed by atoms with Crippen LogP contribution in [0.2, 0.25) is 0 Å². The molecule has 1 heterocycles. The molecule has 2 N–H and O–H groups in total. The van der Waals surface area contributed by atoms with Gasteiger partial charge in [-0.25, -0.2) is 0 Å². The number of H-pyrrole nitrogens is 1. The number of aromatic amines is 1. The van der Waals surface area contributed by atoms with E-state index in [1.807, 2.05) is 18.3 Å². The smallest absolute Gasteiger partial charge is 0.268 e. The lowest BCUT2D eigenvalue weighted by molar-refractivity contribution is -0.0167. The van der Waals surface area contributed by atoms with Crippen molar-refractivity contribution in [2.24, 2.45) is 17.8 Å². The average Bonchev–Trinajstić information content (AvgIpc) is 2.79. The Labute approximate surface area is 107 Å². The number of hydrogen-bond donors (Lipinski definition) is 2. The first-order valence-electron chi connectivity index (χ1n) is 7.18. The molecule has 0 spiro atoms. The fraction of sp³-hybridized carbons (Fsp3) is 0.667. The summed E-state index contributed by atoms with van der Waals surface area (Å²) in [7, 11) is 0. The Morgan fingerprint density at radius 3 is 2.28 bits per heavy atom. The van der Waals surface area contributed by atoms with E-state index in [1.165, 1.54) is 38.5 Å². The number of carbonyl (C=O) groups is 1. The van der Waals surface area contributed by atoms with E-state index in [0.717, 1.165) is 17.8 Å². The van der Waals surface area contributed by atoms with E-state index in [9.17, 15) is 4.79 Å². The predicted molar refractivity (Wildman–Crippen MR) is 69.2 cm³/mol. The molecule has 4 fully saturated rings. The Morgan fingerprint density at radius 2 is 1.78 bits per heavy atom. The quantitative estimate of drug-likeness (QED) is 0.825. The summed E-state index contributed by atoms with van der Waals surface area (Å²) in [5.74, 6) is 2.71. The fourth-order valence-electron chi connectivity index (χ4n) is 5.04. The second-order valence-electron chi connectivity index (χ2n) is 6.74. The summed E-state index contributed by atoms with van der Waals surface area (Å²) in [5, 5.41) is 3.36. The molecule has 0 unspecified atom stereocenters. The van der Waals surface area contributed by atoms with Crippen molar-refractivity contribution in [3.63, 3.8) is 0 Å². The minimum absolute atomic E-state index is 0.0851. The zero-order valence-electron chi connectivity index (χ0n) is 10.6. The summed E-state index contributed by atoms with van der Waals surface area (Å²) >= 11 is 0. The molecule has 4 aliphatic carbocycles. The van der Waals surface area contributed by atoms with Gasteiger partial charge in [-0.3, -0.25) is 4.79 Å². The van der Waals surface area contributed by atoms with Crippen LogP contribution >= 0.6 is 0 Å². The molecule has 3 heteroatoms. The number of nitrogens with one attached hydrogen (secondary N) is 2. The highest BCUT2D eigenvalue weighted by Crippen LogP contribution is 2.55. The molecular formula is C15H20N2O. The Kier molecular flexibility index (Phi) is 2.14. The van der Waals surface area contributed by atoms with Gasteiger partial charge in [-0.2, -0.15) is 0 Å². The topological polar surface area (TPSA) is 44.9 Å². The maximum absolute atomic E-state index is 12.2. The van der Waals surface area contributed by atoms with Crippen LogP contribution in [0.3, 0.4) is 0 Å². The molecule has 0 radical (unpaired) electrons. The summed E-state index contributed by atoms with van der Waals surface area (Å²) in [5.41, 5.74) is 0.822. The number of hydrogen-bond acceptors (Lipinski definition) is 1. The van der Waals surface area contributed by atoms with Crippen LogP contribution in [-0.2, 0) is 0 Å². The summed E-state index contributed by atoms with van der Waals surface area (Å²) in [4.78, 5) is 15.3. The second-order valence-corrected chi connectivity index (χ2v) is 6.74. The van der Waals surface area contributed by atoms with E-state index in [-0.39, 0.29) is 11.4 Å². The van der Waals surface area contributed by atoms with Gasteiger partial charge in [-0.15, -0.1) is 0 Å². The molecule has 0 aliphatic heterocycles. The largest absolute Gasteiger partial charge is 0.357 e. The third kappa shape index (κ3) is 1.60. The molecule has 4 saturated carbocycles. The first kappa shape index (κ1) is 10.7. The Hall–Kier alpha value is -1.25. The van der Waals surface area contributed by atoms with Gasteiger partial charge in [-0.05, 0) is 68.4 Å². The average molecular weight is 244 g/mol. The normalized spacial score (nSPS) is 41.0. The van der Waals surface area contributed by atoms with Gasteiger partial charge in [0.05, 0.1) is 0 Å². The van der Waals surface area contributed by atoms with Crippen LogP contribution in [0, 0.1) is 17.8 Å². The van der Waals surface area contributed by atoms with Crippen LogP contribution in [0.1, 0.15) is 49.0 Å².